The van der Waals surface area contributed by atoms with E-state index in [-0.39, 0.29) is 0 Å². The van der Waals surface area contributed by atoms with Gasteiger partial charge in [-0.1, -0.05) is 13.8 Å². The molecule has 7 heteroatoms. The molecule has 0 radical (unpaired) electrons. The lowest BCUT2D eigenvalue weighted by Gasteiger charge is -2.26. The average Bonchev–Trinajstić information content (AvgIpc) is 2.24. The van der Waals surface area contributed by atoms with Crippen LogP contribution in [0, 0.1) is 5.92 Å². The number of nitrogens with zero attached hydrogens (tertiary/aromatic N) is 1. The van der Waals surface area contributed by atoms with Crippen molar-refractivity contribution in [2.45, 2.75) is 46.1 Å². The van der Waals surface area contributed by atoms with E-state index in [0.29, 0.717) is 18.4 Å². The van der Waals surface area contributed by atoms with Crippen LogP contribution in [0.1, 0.15) is 40.5 Å². The smallest absolute Gasteiger partial charge is 0.209 e. The topological polar surface area (TPSA) is 82.6 Å². The van der Waals surface area contributed by atoms with E-state index >= 15 is 0 Å². The van der Waals surface area contributed by atoms with Gasteiger partial charge in [0.1, 0.15) is 0 Å². The molecule has 120 valence electrons. The fourth-order valence-corrected chi connectivity index (χ4v) is 2.86. The van der Waals surface area contributed by atoms with Crippen LogP contribution in [-0.4, -0.2) is 46.3 Å². The van der Waals surface area contributed by atoms with E-state index in [0.717, 1.165) is 19.2 Å². The zero-order valence-electron chi connectivity index (χ0n) is 13.6. The van der Waals surface area contributed by atoms with Gasteiger partial charge >= 0.3 is 0 Å². The Morgan fingerprint density at radius 3 is 2.30 bits per heavy atom. The molecule has 0 saturated carbocycles. The van der Waals surface area contributed by atoms with Crippen molar-refractivity contribution >= 4 is 16.0 Å². The van der Waals surface area contributed by atoms with E-state index in [1.165, 1.54) is 6.42 Å². The molecule has 0 fully saturated rings. The monoisotopic (exact) mass is 306 g/mol. The Labute approximate surface area is 123 Å². The van der Waals surface area contributed by atoms with Crippen LogP contribution >= 0.6 is 0 Å². The van der Waals surface area contributed by atoms with Gasteiger partial charge in [0.05, 0.1) is 6.26 Å². The van der Waals surface area contributed by atoms with Gasteiger partial charge in [0.15, 0.2) is 5.96 Å². The second kappa shape index (κ2) is 8.46. The van der Waals surface area contributed by atoms with E-state index in [2.05, 4.69) is 34.2 Å². The molecule has 0 aromatic heterocycles. The minimum Gasteiger partial charge on any atom is -0.356 e. The van der Waals surface area contributed by atoms with E-state index < -0.39 is 15.6 Å². The molecule has 0 heterocycles. The molecule has 0 saturated heterocycles. The first-order valence-electron chi connectivity index (χ1n) is 6.99. The van der Waals surface area contributed by atoms with E-state index in [1.807, 2.05) is 13.8 Å². The second-order valence-electron chi connectivity index (χ2n) is 6.15. The lowest BCUT2D eigenvalue weighted by atomic mass is 10.1. The first-order valence-corrected chi connectivity index (χ1v) is 8.88. The Morgan fingerprint density at radius 1 is 1.25 bits per heavy atom. The van der Waals surface area contributed by atoms with Gasteiger partial charge in [0, 0.05) is 25.7 Å². The summed E-state index contributed by atoms with van der Waals surface area (Å²) in [7, 11) is -1.51. The van der Waals surface area contributed by atoms with Crippen molar-refractivity contribution in [3.05, 3.63) is 0 Å². The van der Waals surface area contributed by atoms with Crippen LogP contribution in [0.5, 0.6) is 0 Å². The van der Waals surface area contributed by atoms with Crippen molar-refractivity contribution in [3.8, 4) is 0 Å². The summed E-state index contributed by atoms with van der Waals surface area (Å²) in [6, 6.07) is 0. The summed E-state index contributed by atoms with van der Waals surface area (Å²) in [6.45, 7) is 9.38. The largest absolute Gasteiger partial charge is 0.356 e. The van der Waals surface area contributed by atoms with Gasteiger partial charge in [0.2, 0.25) is 10.0 Å². The zero-order valence-corrected chi connectivity index (χ0v) is 14.4. The molecule has 20 heavy (non-hydrogen) atoms. The van der Waals surface area contributed by atoms with Crippen molar-refractivity contribution in [1.29, 1.82) is 0 Å². The van der Waals surface area contributed by atoms with Crippen molar-refractivity contribution in [2.75, 3.05) is 26.4 Å². The summed E-state index contributed by atoms with van der Waals surface area (Å²) < 4.78 is 25.1. The van der Waals surface area contributed by atoms with Crippen LogP contribution in [-0.2, 0) is 10.0 Å². The van der Waals surface area contributed by atoms with Gasteiger partial charge in [-0.2, -0.15) is 0 Å². The Morgan fingerprint density at radius 2 is 1.85 bits per heavy atom. The minimum atomic E-state index is -3.22. The van der Waals surface area contributed by atoms with Gasteiger partial charge in [-0.3, -0.25) is 4.99 Å². The SMILES string of the molecule is CN=C(NCCCC(C)C)NCC(C)(C)NS(C)(=O)=O. The second-order valence-corrected chi connectivity index (χ2v) is 7.90. The molecule has 0 aliphatic heterocycles. The van der Waals surface area contributed by atoms with Crippen molar-refractivity contribution in [1.82, 2.24) is 15.4 Å². The summed E-state index contributed by atoms with van der Waals surface area (Å²) in [4.78, 5) is 4.12. The maximum absolute atomic E-state index is 11.3. The number of guanidine groups is 1. The summed E-state index contributed by atoms with van der Waals surface area (Å²) in [5, 5.41) is 6.35. The number of aliphatic imine (C=N–C) groups is 1. The maximum Gasteiger partial charge on any atom is 0.209 e. The molecule has 0 aromatic carbocycles. The molecule has 0 aliphatic rings. The van der Waals surface area contributed by atoms with Gasteiger partial charge in [0.25, 0.3) is 0 Å². The Hall–Kier alpha value is -0.820. The lowest BCUT2D eigenvalue weighted by molar-refractivity contribution is 0.446. The minimum absolute atomic E-state index is 0.462. The van der Waals surface area contributed by atoms with Crippen LogP contribution < -0.4 is 15.4 Å². The third-order valence-corrected chi connectivity index (χ3v) is 3.56. The molecule has 3 N–H and O–H groups in total. The average molecular weight is 306 g/mol. The van der Waals surface area contributed by atoms with E-state index in [9.17, 15) is 8.42 Å². The van der Waals surface area contributed by atoms with Crippen LogP contribution in [0.2, 0.25) is 0 Å². The molecule has 0 rings (SSSR count). The number of sulfonamides is 1. The third kappa shape index (κ3) is 11.0. The zero-order chi connectivity index (χ0) is 15.8. The number of rotatable bonds is 8. The highest BCUT2D eigenvalue weighted by atomic mass is 32.2. The van der Waals surface area contributed by atoms with Crippen LogP contribution in [0.25, 0.3) is 0 Å². The normalized spacial score (nSPS) is 13.7. The van der Waals surface area contributed by atoms with Crippen LogP contribution in [0.4, 0.5) is 0 Å². The number of nitrogens with one attached hydrogen (secondary N) is 3. The summed E-state index contributed by atoms with van der Waals surface area (Å²) in [5.74, 6) is 1.39. The van der Waals surface area contributed by atoms with Crippen LogP contribution in [0.3, 0.4) is 0 Å². The molecule has 6 nitrogen and oxygen atoms in total. The highest BCUT2D eigenvalue weighted by molar-refractivity contribution is 7.88. The molecular weight excluding hydrogens is 276 g/mol. The standard InChI is InChI=1S/C13H30N4O2S/c1-11(2)8-7-9-15-12(14-5)16-10-13(3,4)17-20(6,18)19/h11,17H,7-10H2,1-6H3,(H2,14,15,16). The summed E-state index contributed by atoms with van der Waals surface area (Å²) in [5.41, 5.74) is -0.566. The quantitative estimate of drug-likeness (QED) is 0.354. The van der Waals surface area contributed by atoms with E-state index in [4.69, 9.17) is 0 Å². The summed E-state index contributed by atoms with van der Waals surface area (Å²) >= 11 is 0. The number of hydrogen-bond donors (Lipinski definition) is 3. The first kappa shape index (κ1) is 19.2. The fourth-order valence-electron chi connectivity index (χ4n) is 1.78. The Balaban J connectivity index is 4.13. The molecule has 0 spiro atoms. The molecule has 0 aromatic rings. The Bertz CT molecular complexity index is 403. The van der Waals surface area contributed by atoms with Crippen molar-refractivity contribution in [2.24, 2.45) is 10.9 Å². The molecule has 0 amide bonds. The fraction of sp³-hybridized carbons (Fsp3) is 0.923. The van der Waals surface area contributed by atoms with Crippen molar-refractivity contribution in [3.63, 3.8) is 0 Å². The lowest BCUT2D eigenvalue weighted by Crippen LogP contribution is -2.53. The molecule has 0 atom stereocenters. The Kier molecular flexibility index (Phi) is 8.12. The molecular formula is C13H30N4O2S. The third-order valence-electron chi connectivity index (χ3n) is 2.63. The van der Waals surface area contributed by atoms with Gasteiger partial charge in [-0.15, -0.1) is 0 Å². The van der Waals surface area contributed by atoms with E-state index in [1.54, 1.807) is 7.05 Å². The molecule has 0 unspecified atom stereocenters. The van der Waals surface area contributed by atoms with Crippen LogP contribution in [0.15, 0.2) is 4.99 Å². The van der Waals surface area contributed by atoms with Gasteiger partial charge in [-0.05, 0) is 32.6 Å². The molecule has 0 bridgehead atoms. The highest BCUT2D eigenvalue weighted by Gasteiger charge is 2.22. The predicted molar refractivity (Wildman–Crippen MR) is 85.5 cm³/mol. The highest BCUT2D eigenvalue weighted by Crippen LogP contribution is 2.03. The molecule has 0 aliphatic carbocycles. The predicted octanol–water partition coefficient (Wildman–Crippen LogP) is 0.915. The van der Waals surface area contributed by atoms with Crippen molar-refractivity contribution < 1.29 is 8.42 Å². The first-order chi connectivity index (χ1) is 9.06. The van der Waals surface area contributed by atoms with Gasteiger partial charge < -0.3 is 10.6 Å². The maximum atomic E-state index is 11.3. The number of hydrogen-bond acceptors (Lipinski definition) is 3. The van der Waals surface area contributed by atoms with Gasteiger partial charge in [-0.25, -0.2) is 13.1 Å². The summed E-state index contributed by atoms with van der Waals surface area (Å²) in [6.07, 6.45) is 3.42.